The van der Waals surface area contributed by atoms with Gasteiger partial charge in [0.05, 0.1) is 7.11 Å². The van der Waals surface area contributed by atoms with Crippen molar-refractivity contribution in [3.63, 3.8) is 0 Å². The molecular formula is C22H27N3O3. The predicted molar refractivity (Wildman–Crippen MR) is 111 cm³/mol. The number of methoxy groups -OCH3 is 1. The average Bonchev–Trinajstić information content (AvgIpc) is 3.26. The summed E-state index contributed by atoms with van der Waals surface area (Å²) in [6, 6.07) is 15.4. The fourth-order valence-electron chi connectivity index (χ4n) is 3.35. The van der Waals surface area contributed by atoms with Crippen LogP contribution in [0.4, 0.5) is 11.4 Å². The molecule has 2 aromatic carbocycles. The number of amides is 2. The lowest BCUT2D eigenvalue weighted by atomic mass is 10.2. The highest BCUT2D eigenvalue weighted by Gasteiger charge is 2.17. The van der Waals surface area contributed by atoms with Gasteiger partial charge in [-0.1, -0.05) is 12.1 Å². The van der Waals surface area contributed by atoms with E-state index in [0.717, 1.165) is 35.8 Å². The molecule has 2 amide bonds. The fraction of sp³-hybridized carbons (Fsp3) is 0.364. The van der Waals surface area contributed by atoms with E-state index in [1.807, 2.05) is 48.5 Å². The van der Waals surface area contributed by atoms with Crippen molar-refractivity contribution in [2.75, 3.05) is 36.5 Å². The highest BCUT2D eigenvalue weighted by Crippen LogP contribution is 2.24. The highest BCUT2D eigenvalue weighted by molar-refractivity contribution is 5.97. The number of carbonyl (C=O) groups excluding carboxylic acids is 2. The Kier molecular flexibility index (Phi) is 6.53. The van der Waals surface area contributed by atoms with Gasteiger partial charge < -0.3 is 19.9 Å². The van der Waals surface area contributed by atoms with Gasteiger partial charge in [-0.05, 0) is 54.8 Å². The molecule has 0 unspecified atom stereocenters. The van der Waals surface area contributed by atoms with E-state index >= 15 is 0 Å². The molecular weight excluding hydrogens is 354 g/mol. The lowest BCUT2D eigenvalue weighted by Crippen LogP contribution is -2.39. The monoisotopic (exact) mass is 381 g/mol. The maximum Gasteiger partial charge on any atom is 0.240 e. The molecule has 1 fully saturated rings. The van der Waals surface area contributed by atoms with Crippen molar-refractivity contribution in [2.45, 2.75) is 26.3 Å². The summed E-state index contributed by atoms with van der Waals surface area (Å²) >= 11 is 0. The quantitative estimate of drug-likeness (QED) is 0.801. The molecule has 0 radical (unpaired) electrons. The second kappa shape index (κ2) is 9.26. The Morgan fingerprint density at radius 2 is 1.68 bits per heavy atom. The van der Waals surface area contributed by atoms with Crippen LogP contribution in [0, 0.1) is 0 Å². The van der Waals surface area contributed by atoms with Crippen LogP contribution in [0.2, 0.25) is 0 Å². The zero-order valence-corrected chi connectivity index (χ0v) is 16.5. The summed E-state index contributed by atoms with van der Waals surface area (Å²) in [6.07, 6.45) is 2.44. The van der Waals surface area contributed by atoms with Crippen molar-refractivity contribution < 1.29 is 14.3 Å². The molecule has 0 spiro atoms. The van der Waals surface area contributed by atoms with Crippen LogP contribution in [0.5, 0.6) is 5.75 Å². The lowest BCUT2D eigenvalue weighted by Gasteiger charge is -2.23. The van der Waals surface area contributed by atoms with Crippen LogP contribution < -0.4 is 19.9 Å². The van der Waals surface area contributed by atoms with Crippen LogP contribution in [-0.2, 0) is 16.1 Å². The van der Waals surface area contributed by atoms with Crippen LogP contribution in [0.15, 0.2) is 48.5 Å². The zero-order chi connectivity index (χ0) is 19.9. The minimum absolute atomic E-state index is 0.00541. The first kappa shape index (κ1) is 19.7. The van der Waals surface area contributed by atoms with E-state index in [1.165, 1.54) is 24.7 Å². The van der Waals surface area contributed by atoms with E-state index in [-0.39, 0.29) is 18.4 Å². The van der Waals surface area contributed by atoms with Gasteiger partial charge in [0.1, 0.15) is 12.3 Å². The SMILES string of the molecule is COc1ccc(CNC(=O)CN(C(C)=O)c2ccc(N3CCCC3)cc2)cc1. The van der Waals surface area contributed by atoms with Crippen LogP contribution >= 0.6 is 0 Å². The first-order valence-electron chi connectivity index (χ1n) is 9.59. The molecule has 0 saturated carbocycles. The Balaban J connectivity index is 1.58. The molecule has 3 rings (SSSR count). The van der Waals surface area contributed by atoms with E-state index in [4.69, 9.17) is 4.74 Å². The molecule has 1 aliphatic heterocycles. The van der Waals surface area contributed by atoms with Crippen molar-refractivity contribution in [1.29, 1.82) is 0 Å². The van der Waals surface area contributed by atoms with Crippen LogP contribution in [0.3, 0.4) is 0 Å². The van der Waals surface area contributed by atoms with E-state index in [1.54, 1.807) is 7.11 Å². The smallest absolute Gasteiger partial charge is 0.240 e. The average molecular weight is 381 g/mol. The van der Waals surface area contributed by atoms with Gasteiger partial charge in [-0.2, -0.15) is 0 Å². The minimum Gasteiger partial charge on any atom is -0.497 e. The van der Waals surface area contributed by atoms with Crippen LogP contribution in [0.1, 0.15) is 25.3 Å². The topological polar surface area (TPSA) is 61.9 Å². The van der Waals surface area contributed by atoms with E-state index in [2.05, 4.69) is 10.2 Å². The molecule has 148 valence electrons. The van der Waals surface area contributed by atoms with E-state index in [0.29, 0.717) is 6.54 Å². The zero-order valence-electron chi connectivity index (χ0n) is 16.5. The van der Waals surface area contributed by atoms with Crippen molar-refractivity contribution in [2.24, 2.45) is 0 Å². The number of hydrogen-bond acceptors (Lipinski definition) is 4. The maximum absolute atomic E-state index is 12.4. The molecule has 0 aromatic heterocycles. The predicted octanol–water partition coefficient (Wildman–Crippen LogP) is 2.96. The fourth-order valence-corrected chi connectivity index (χ4v) is 3.35. The summed E-state index contributed by atoms with van der Waals surface area (Å²) in [5.41, 5.74) is 2.86. The first-order valence-corrected chi connectivity index (χ1v) is 9.59. The van der Waals surface area contributed by atoms with Gasteiger partial charge in [0, 0.05) is 37.9 Å². The molecule has 28 heavy (non-hydrogen) atoms. The second-order valence-corrected chi connectivity index (χ2v) is 6.94. The van der Waals surface area contributed by atoms with Crippen LogP contribution in [-0.4, -0.2) is 38.6 Å². The number of benzene rings is 2. The van der Waals surface area contributed by atoms with Gasteiger partial charge in [-0.25, -0.2) is 0 Å². The third kappa shape index (κ3) is 5.03. The molecule has 2 aromatic rings. The van der Waals surface area contributed by atoms with Gasteiger partial charge in [0.2, 0.25) is 11.8 Å². The molecule has 1 N–H and O–H groups in total. The summed E-state index contributed by atoms with van der Waals surface area (Å²) in [7, 11) is 1.62. The maximum atomic E-state index is 12.4. The molecule has 1 saturated heterocycles. The Bertz CT molecular complexity index is 797. The number of anilines is 2. The van der Waals surface area contributed by atoms with Gasteiger partial charge >= 0.3 is 0 Å². The molecule has 0 atom stereocenters. The van der Waals surface area contributed by atoms with E-state index in [9.17, 15) is 9.59 Å². The molecule has 1 heterocycles. The first-order chi connectivity index (χ1) is 13.6. The summed E-state index contributed by atoms with van der Waals surface area (Å²) in [6.45, 7) is 4.02. The number of nitrogens with one attached hydrogen (secondary N) is 1. The van der Waals surface area contributed by atoms with Gasteiger partial charge in [0.25, 0.3) is 0 Å². The van der Waals surface area contributed by atoms with Crippen molar-refractivity contribution in [3.05, 3.63) is 54.1 Å². The van der Waals surface area contributed by atoms with Gasteiger partial charge in [0.15, 0.2) is 0 Å². The summed E-state index contributed by atoms with van der Waals surface area (Å²) < 4.78 is 5.13. The number of rotatable bonds is 7. The molecule has 6 heteroatoms. The van der Waals surface area contributed by atoms with E-state index < -0.39 is 0 Å². The lowest BCUT2D eigenvalue weighted by molar-refractivity contribution is -0.123. The summed E-state index contributed by atoms with van der Waals surface area (Å²) in [5.74, 6) is 0.415. The molecule has 0 aliphatic carbocycles. The Morgan fingerprint density at radius 1 is 1.04 bits per heavy atom. The number of nitrogens with zero attached hydrogens (tertiary/aromatic N) is 2. The van der Waals surface area contributed by atoms with Crippen molar-refractivity contribution in [3.8, 4) is 5.75 Å². The Hall–Kier alpha value is -3.02. The number of ether oxygens (including phenoxy) is 1. The Labute approximate surface area is 166 Å². The minimum atomic E-state index is -0.199. The highest BCUT2D eigenvalue weighted by atomic mass is 16.5. The van der Waals surface area contributed by atoms with Crippen molar-refractivity contribution in [1.82, 2.24) is 5.32 Å². The molecule has 6 nitrogen and oxygen atoms in total. The Morgan fingerprint density at radius 3 is 2.25 bits per heavy atom. The number of hydrogen-bond donors (Lipinski definition) is 1. The second-order valence-electron chi connectivity index (χ2n) is 6.94. The normalized spacial score (nSPS) is 13.3. The number of carbonyl (C=O) groups is 2. The molecule has 0 bridgehead atoms. The third-order valence-corrected chi connectivity index (χ3v) is 4.96. The standard InChI is InChI=1S/C22H27N3O3/c1-17(26)25(20-9-7-19(8-10-20)24-13-3-4-14-24)16-22(27)23-15-18-5-11-21(28-2)12-6-18/h5-12H,3-4,13-16H2,1-2H3,(H,23,27). The van der Waals surface area contributed by atoms with Crippen molar-refractivity contribution >= 4 is 23.2 Å². The van der Waals surface area contributed by atoms with Gasteiger partial charge in [-0.3, -0.25) is 9.59 Å². The summed E-state index contributed by atoms with van der Waals surface area (Å²) in [5, 5.41) is 2.87. The van der Waals surface area contributed by atoms with Gasteiger partial charge in [-0.15, -0.1) is 0 Å². The molecule has 1 aliphatic rings. The third-order valence-electron chi connectivity index (χ3n) is 4.96. The van der Waals surface area contributed by atoms with Crippen LogP contribution in [0.25, 0.3) is 0 Å². The summed E-state index contributed by atoms with van der Waals surface area (Å²) in [4.78, 5) is 28.3. The largest absolute Gasteiger partial charge is 0.497 e.